The van der Waals surface area contributed by atoms with Crippen LogP contribution in [0, 0.1) is 0 Å². The van der Waals surface area contributed by atoms with Gasteiger partial charge in [-0.1, -0.05) is 13.3 Å². The molecule has 2 rings (SSSR count). The van der Waals surface area contributed by atoms with Crippen molar-refractivity contribution >= 4 is 17.7 Å². The van der Waals surface area contributed by atoms with Crippen LogP contribution in [0.1, 0.15) is 39.0 Å². The summed E-state index contributed by atoms with van der Waals surface area (Å²) in [4.78, 5) is 37.3. The molecule has 0 aromatic carbocycles. The number of carbonyl (C=O) groups excluding carboxylic acids is 3. The van der Waals surface area contributed by atoms with E-state index < -0.39 is 11.6 Å². The molecule has 0 aromatic heterocycles. The Kier molecular flexibility index (Phi) is 8.96. The lowest BCUT2D eigenvalue weighted by molar-refractivity contribution is -0.133. The first-order valence-electron chi connectivity index (χ1n) is 9.79. The van der Waals surface area contributed by atoms with Crippen LogP contribution in [0.25, 0.3) is 0 Å². The molecule has 9 nitrogen and oxygen atoms in total. The molecule has 2 heterocycles. The van der Waals surface area contributed by atoms with E-state index in [-0.39, 0.29) is 30.7 Å². The molecule has 27 heavy (non-hydrogen) atoms. The molecule has 0 bridgehead atoms. The number of hydrogen-bond acceptors (Lipinski definition) is 6. The minimum absolute atomic E-state index is 0.0602. The first-order chi connectivity index (χ1) is 13.0. The normalized spacial score (nSPS) is 26.1. The van der Waals surface area contributed by atoms with Crippen molar-refractivity contribution in [3.05, 3.63) is 0 Å². The second-order valence-corrected chi connectivity index (χ2v) is 7.12. The maximum absolute atomic E-state index is 12.7. The number of rotatable bonds is 2. The zero-order valence-corrected chi connectivity index (χ0v) is 16.1. The van der Waals surface area contributed by atoms with Crippen LogP contribution in [0.3, 0.4) is 0 Å². The molecule has 2 fully saturated rings. The fourth-order valence-electron chi connectivity index (χ4n) is 3.45. The zero-order valence-electron chi connectivity index (χ0n) is 16.1. The van der Waals surface area contributed by atoms with Crippen molar-refractivity contribution in [1.82, 2.24) is 21.3 Å². The lowest BCUT2D eigenvalue weighted by Gasteiger charge is -2.38. The third-order valence-electron chi connectivity index (χ3n) is 4.84. The lowest BCUT2D eigenvalue weighted by Crippen LogP contribution is -2.58. The summed E-state index contributed by atoms with van der Waals surface area (Å²) in [6.45, 7) is 4.73. The fraction of sp³-hybridized carbons (Fsp3) is 0.833. The minimum atomic E-state index is -0.614. The van der Waals surface area contributed by atoms with E-state index in [1.807, 2.05) is 6.92 Å². The fourth-order valence-corrected chi connectivity index (χ4v) is 3.45. The summed E-state index contributed by atoms with van der Waals surface area (Å²) >= 11 is 0. The van der Waals surface area contributed by atoms with Gasteiger partial charge in [0.25, 0.3) is 0 Å². The molecule has 0 radical (unpaired) electrons. The summed E-state index contributed by atoms with van der Waals surface area (Å²) in [6, 6.07) is -0.576. The van der Waals surface area contributed by atoms with Gasteiger partial charge < -0.3 is 30.7 Å². The van der Waals surface area contributed by atoms with Gasteiger partial charge in [0.05, 0.1) is 25.4 Å². The minimum Gasteiger partial charge on any atom is -0.377 e. The molecule has 0 saturated carbocycles. The van der Waals surface area contributed by atoms with E-state index in [1.54, 1.807) is 0 Å². The SMILES string of the molecule is CCC[C@H]1NC(=O)CC2(CCNCC2)NC(=O)COCCOCCNC1=O. The average molecular weight is 384 g/mol. The number of piperidine rings is 1. The first-order valence-corrected chi connectivity index (χ1v) is 9.79. The van der Waals surface area contributed by atoms with Gasteiger partial charge in [0.1, 0.15) is 12.6 Å². The molecule has 1 atom stereocenters. The van der Waals surface area contributed by atoms with Crippen LogP contribution in [-0.2, 0) is 23.9 Å². The Labute approximate surface area is 160 Å². The van der Waals surface area contributed by atoms with Crippen LogP contribution >= 0.6 is 0 Å². The van der Waals surface area contributed by atoms with E-state index in [0.29, 0.717) is 45.6 Å². The van der Waals surface area contributed by atoms with Gasteiger partial charge in [-0.3, -0.25) is 14.4 Å². The monoisotopic (exact) mass is 384 g/mol. The Hall–Kier alpha value is -1.71. The van der Waals surface area contributed by atoms with Gasteiger partial charge in [0.2, 0.25) is 17.7 Å². The number of amides is 3. The maximum Gasteiger partial charge on any atom is 0.246 e. The van der Waals surface area contributed by atoms with E-state index in [9.17, 15) is 14.4 Å². The molecule has 9 heteroatoms. The molecule has 154 valence electrons. The molecule has 4 N–H and O–H groups in total. The molecule has 2 aliphatic heterocycles. The van der Waals surface area contributed by atoms with Gasteiger partial charge in [0.15, 0.2) is 0 Å². The molecule has 1 spiro atoms. The molecular formula is C18H32N4O5. The summed E-state index contributed by atoms with van der Waals surface area (Å²) in [5.41, 5.74) is -0.614. The van der Waals surface area contributed by atoms with Gasteiger partial charge in [-0.15, -0.1) is 0 Å². The van der Waals surface area contributed by atoms with Gasteiger partial charge in [-0.2, -0.15) is 0 Å². The number of carbonyl (C=O) groups is 3. The second kappa shape index (κ2) is 11.2. The highest BCUT2D eigenvalue weighted by Crippen LogP contribution is 2.23. The quantitative estimate of drug-likeness (QED) is 0.488. The summed E-state index contributed by atoms with van der Waals surface area (Å²) < 4.78 is 10.7. The summed E-state index contributed by atoms with van der Waals surface area (Å²) in [6.07, 6.45) is 2.79. The second-order valence-electron chi connectivity index (χ2n) is 7.12. The van der Waals surface area contributed by atoms with Crippen LogP contribution in [0.4, 0.5) is 0 Å². The number of hydrogen-bond donors (Lipinski definition) is 4. The predicted octanol–water partition coefficient (Wildman–Crippen LogP) is -0.937. The van der Waals surface area contributed by atoms with Crippen molar-refractivity contribution in [2.45, 2.75) is 50.6 Å². The molecule has 0 aliphatic carbocycles. The van der Waals surface area contributed by atoms with Crippen LogP contribution in [-0.4, -0.2) is 75.4 Å². The van der Waals surface area contributed by atoms with Gasteiger partial charge in [0, 0.05) is 13.0 Å². The Bertz CT molecular complexity index is 508. The Morgan fingerprint density at radius 2 is 1.74 bits per heavy atom. The highest BCUT2D eigenvalue weighted by Gasteiger charge is 2.36. The largest absolute Gasteiger partial charge is 0.377 e. The number of ether oxygens (including phenoxy) is 2. The van der Waals surface area contributed by atoms with Crippen molar-refractivity contribution in [1.29, 1.82) is 0 Å². The van der Waals surface area contributed by atoms with E-state index in [2.05, 4.69) is 21.3 Å². The zero-order chi connectivity index (χ0) is 19.5. The maximum atomic E-state index is 12.7. The first kappa shape index (κ1) is 21.6. The molecule has 2 aliphatic rings. The van der Waals surface area contributed by atoms with Crippen LogP contribution in [0.15, 0.2) is 0 Å². The van der Waals surface area contributed by atoms with Crippen molar-refractivity contribution in [3.8, 4) is 0 Å². The van der Waals surface area contributed by atoms with E-state index in [0.717, 1.165) is 19.5 Å². The Balaban J connectivity index is 2.09. The number of nitrogens with one attached hydrogen (secondary N) is 4. The molecular weight excluding hydrogens is 352 g/mol. The standard InChI is InChI=1S/C18H32N4O5/c1-2-3-14-17(25)20-8-9-26-10-11-27-13-16(24)22-18(12-15(23)21-14)4-6-19-7-5-18/h14,19H,2-13H2,1H3,(H,20,25)(H,21,23)(H,22,24)/t14-/m1/s1. The van der Waals surface area contributed by atoms with Crippen molar-refractivity contribution < 1.29 is 23.9 Å². The molecule has 0 aromatic rings. The van der Waals surface area contributed by atoms with Crippen LogP contribution in [0.2, 0.25) is 0 Å². The topological polar surface area (TPSA) is 118 Å². The van der Waals surface area contributed by atoms with Gasteiger partial charge in [-0.25, -0.2) is 0 Å². The predicted molar refractivity (Wildman–Crippen MR) is 99.1 cm³/mol. The van der Waals surface area contributed by atoms with E-state index in [4.69, 9.17) is 9.47 Å². The van der Waals surface area contributed by atoms with Crippen molar-refractivity contribution in [3.63, 3.8) is 0 Å². The average Bonchev–Trinajstić information content (AvgIpc) is 2.63. The third-order valence-corrected chi connectivity index (χ3v) is 4.84. The molecule has 3 amide bonds. The third kappa shape index (κ3) is 7.43. The van der Waals surface area contributed by atoms with E-state index >= 15 is 0 Å². The Morgan fingerprint density at radius 1 is 1.00 bits per heavy atom. The lowest BCUT2D eigenvalue weighted by atomic mass is 9.84. The van der Waals surface area contributed by atoms with Crippen LogP contribution < -0.4 is 21.3 Å². The van der Waals surface area contributed by atoms with Gasteiger partial charge >= 0.3 is 0 Å². The van der Waals surface area contributed by atoms with E-state index in [1.165, 1.54) is 0 Å². The highest BCUT2D eigenvalue weighted by atomic mass is 16.5. The molecule has 0 unspecified atom stereocenters. The van der Waals surface area contributed by atoms with Crippen molar-refractivity contribution in [2.24, 2.45) is 0 Å². The highest BCUT2D eigenvalue weighted by molar-refractivity contribution is 5.88. The summed E-state index contributed by atoms with van der Waals surface area (Å²) in [7, 11) is 0. The van der Waals surface area contributed by atoms with Crippen LogP contribution in [0.5, 0.6) is 0 Å². The smallest absolute Gasteiger partial charge is 0.246 e. The Morgan fingerprint density at radius 3 is 2.48 bits per heavy atom. The summed E-state index contributed by atoms with van der Waals surface area (Å²) in [5, 5.41) is 11.9. The summed E-state index contributed by atoms with van der Waals surface area (Å²) in [5.74, 6) is -0.671. The molecule has 2 saturated heterocycles. The van der Waals surface area contributed by atoms with Crippen molar-refractivity contribution in [2.75, 3.05) is 46.1 Å². The van der Waals surface area contributed by atoms with Gasteiger partial charge in [-0.05, 0) is 32.4 Å².